The Morgan fingerprint density at radius 3 is 1.82 bits per heavy atom. The van der Waals surface area contributed by atoms with Crippen LogP contribution < -0.4 is 30.2 Å². The first kappa shape index (κ1) is 42.7. The van der Waals surface area contributed by atoms with Crippen molar-refractivity contribution in [2.24, 2.45) is 0 Å². The second-order valence-electron chi connectivity index (χ2n) is 14.4. The number of amides is 6. The van der Waals surface area contributed by atoms with Crippen LogP contribution in [-0.2, 0) is 48.0 Å². The Labute approximate surface area is 345 Å². The Balaban J connectivity index is 1.59. The summed E-state index contributed by atoms with van der Waals surface area (Å²) in [7, 11) is 7.46. The summed E-state index contributed by atoms with van der Waals surface area (Å²) in [6, 6.07) is 10.8. The molecular weight excluding hydrogens is 847 g/mol. The van der Waals surface area contributed by atoms with Gasteiger partial charge in [0, 0.05) is 40.4 Å². The largest absolute Gasteiger partial charge is 0.497 e. The molecular formula is C41H49IN6O9. The van der Waals surface area contributed by atoms with Crippen molar-refractivity contribution >= 4 is 58.0 Å². The highest BCUT2D eigenvalue weighted by atomic mass is 127. The molecule has 6 amide bonds. The van der Waals surface area contributed by atoms with Gasteiger partial charge in [0.1, 0.15) is 47.8 Å². The predicted molar refractivity (Wildman–Crippen MR) is 219 cm³/mol. The maximum Gasteiger partial charge on any atom is 0.246 e. The van der Waals surface area contributed by atoms with E-state index in [1.54, 1.807) is 54.6 Å². The lowest BCUT2D eigenvalue weighted by molar-refractivity contribution is -0.149. The van der Waals surface area contributed by atoms with Gasteiger partial charge in [-0.3, -0.25) is 28.8 Å². The number of ether oxygens (including phenoxy) is 3. The topological polar surface area (TPSA) is 176 Å². The van der Waals surface area contributed by atoms with Crippen LogP contribution in [0, 0.1) is 3.57 Å². The van der Waals surface area contributed by atoms with E-state index in [-0.39, 0.29) is 19.3 Å². The van der Waals surface area contributed by atoms with Gasteiger partial charge < -0.3 is 44.9 Å². The monoisotopic (exact) mass is 896 g/mol. The van der Waals surface area contributed by atoms with Gasteiger partial charge >= 0.3 is 0 Å². The molecule has 304 valence electrons. The number of halogens is 1. The summed E-state index contributed by atoms with van der Waals surface area (Å²) in [5, 5.41) is 8.16. The number of rotatable bonds is 4. The van der Waals surface area contributed by atoms with Crippen LogP contribution in [0.25, 0.3) is 0 Å². The number of nitrogens with zero attached hydrogens (tertiary/aromatic N) is 3. The lowest BCUT2D eigenvalue weighted by Gasteiger charge is -2.37. The zero-order chi connectivity index (χ0) is 41.7. The van der Waals surface area contributed by atoms with Crippen molar-refractivity contribution in [1.82, 2.24) is 30.7 Å². The molecule has 6 atom stereocenters. The van der Waals surface area contributed by atoms with Gasteiger partial charge in [0.25, 0.3) is 0 Å². The lowest BCUT2D eigenvalue weighted by atomic mass is 9.98. The van der Waals surface area contributed by atoms with E-state index in [4.69, 9.17) is 14.2 Å². The van der Waals surface area contributed by atoms with Crippen molar-refractivity contribution in [3.05, 3.63) is 80.9 Å². The van der Waals surface area contributed by atoms with Crippen LogP contribution in [-0.4, -0.2) is 122 Å². The molecule has 1 saturated heterocycles. The van der Waals surface area contributed by atoms with E-state index >= 15 is 0 Å². The zero-order valence-electron chi connectivity index (χ0n) is 33.3. The fraction of sp³-hybridized carbons (Fsp3) is 0.415. The minimum atomic E-state index is -1.16. The summed E-state index contributed by atoms with van der Waals surface area (Å²) >= 11 is 2.14. The number of nitrogens with one attached hydrogen (secondary N) is 3. The first-order chi connectivity index (χ1) is 27.0. The number of carbonyl (C=O) groups is 6. The number of benzene rings is 3. The van der Waals surface area contributed by atoms with Crippen LogP contribution in [0.2, 0.25) is 0 Å². The molecule has 3 aromatic carbocycles. The Hall–Kier alpha value is -5.39. The van der Waals surface area contributed by atoms with Crippen LogP contribution in [0.1, 0.15) is 37.5 Å². The average molecular weight is 897 g/mol. The number of hydrogen-bond donors (Lipinski definition) is 3. The van der Waals surface area contributed by atoms with Crippen molar-refractivity contribution in [3.63, 3.8) is 0 Å². The molecule has 3 aliphatic rings. The number of methoxy groups -OCH3 is 2. The van der Waals surface area contributed by atoms with Gasteiger partial charge in [-0.15, -0.1) is 0 Å². The van der Waals surface area contributed by atoms with Gasteiger partial charge in [0.05, 0.1) is 17.8 Å². The smallest absolute Gasteiger partial charge is 0.246 e. The quantitative estimate of drug-likeness (QED) is 0.333. The Morgan fingerprint density at radius 1 is 0.632 bits per heavy atom. The van der Waals surface area contributed by atoms with Gasteiger partial charge in [-0.25, -0.2) is 0 Å². The number of likely N-dealkylation sites (N-methyl/N-ethyl adjacent to an activating group) is 3. The van der Waals surface area contributed by atoms with Crippen molar-refractivity contribution in [1.29, 1.82) is 0 Å². The maximum absolute atomic E-state index is 14.7. The second kappa shape index (κ2) is 18.3. The van der Waals surface area contributed by atoms with E-state index in [2.05, 4.69) is 38.5 Å². The van der Waals surface area contributed by atoms with Crippen LogP contribution in [0.5, 0.6) is 23.0 Å². The Bertz CT molecular complexity index is 2030. The molecule has 57 heavy (non-hydrogen) atoms. The van der Waals surface area contributed by atoms with E-state index in [1.807, 2.05) is 6.07 Å². The van der Waals surface area contributed by atoms with Crippen LogP contribution >= 0.6 is 22.6 Å². The Kier molecular flexibility index (Phi) is 13.7. The predicted octanol–water partition coefficient (Wildman–Crippen LogP) is 2.45. The number of carbonyl (C=O) groups excluding carboxylic acids is 6. The minimum absolute atomic E-state index is 0.00352. The molecule has 0 aromatic heterocycles. The summed E-state index contributed by atoms with van der Waals surface area (Å²) in [4.78, 5) is 88.5. The third-order valence-corrected chi connectivity index (χ3v) is 11.3. The fourth-order valence-corrected chi connectivity index (χ4v) is 7.58. The molecule has 6 rings (SSSR count). The molecule has 16 heteroatoms. The molecule has 0 aliphatic carbocycles. The molecule has 6 bridgehead atoms. The Morgan fingerprint density at radius 2 is 1.19 bits per heavy atom. The van der Waals surface area contributed by atoms with Crippen molar-refractivity contribution < 1.29 is 43.0 Å². The third-order valence-electron chi connectivity index (χ3n) is 10.4. The summed E-state index contributed by atoms with van der Waals surface area (Å²) in [5.41, 5.74) is 2.04. The third kappa shape index (κ3) is 9.77. The highest BCUT2D eigenvalue weighted by Gasteiger charge is 2.39. The normalized spacial score (nSPS) is 24.1. The highest BCUT2D eigenvalue weighted by Crippen LogP contribution is 2.36. The van der Waals surface area contributed by atoms with Gasteiger partial charge in [-0.1, -0.05) is 24.3 Å². The molecule has 1 fully saturated rings. The molecule has 0 saturated carbocycles. The highest BCUT2D eigenvalue weighted by molar-refractivity contribution is 14.1. The summed E-state index contributed by atoms with van der Waals surface area (Å²) in [6.45, 7) is 4.46. The van der Waals surface area contributed by atoms with Crippen molar-refractivity contribution in [3.8, 4) is 23.0 Å². The average Bonchev–Trinajstić information content (AvgIpc) is 3.19. The van der Waals surface area contributed by atoms with Gasteiger partial charge in [-0.05, 0) is 96.5 Å². The number of hydrogen-bond acceptors (Lipinski definition) is 9. The maximum atomic E-state index is 14.7. The molecule has 0 radical (unpaired) electrons. The molecule has 3 aliphatic heterocycles. The standard InChI is InChI=1S/C41H49IN6O9/c1-22-36(49)44-23(2)39(52)46(4)30(18-25-9-13-28(55-7)14-10-25)38(51)45-24(3)40(53)48(6)32-20-26-11-15-33(29(42)17-26)57-35-21-27(12-16-34(35)56-8)19-31(37(50)43-22)47(5)41(32)54/h9-17,21-24,30-32H,18-20H2,1-8H3,(H,43,50)(H,44,49)(H,45,51)/t22-,23+,24+,30+,31+,32+/m1/s1. The van der Waals surface area contributed by atoms with E-state index < -0.39 is 71.7 Å². The van der Waals surface area contributed by atoms with Crippen LogP contribution in [0.4, 0.5) is 0 Å². The SMILES string of the molecule is COc1ccc(C[C@H]2C(=O)N[C@@H](C)C(=O)N(C)[C@H]3Cc4ccc(c(I)c4)Oc4cc(ccc4OC)C[C@@H](C(=O)N[C@H](C)C(=O)N[C@@H](C)C(=O)N2C)N(C)C3=O)cc1. The summed E-state index contributed by atoms with van der Waals surface area (Å²) in [6.07, 6.45) is 0.131. The van der Waals surface area contributed by atoms with Gasteiger partial charge in [0.2, 0.25) is 35.4 Å². The fourth-order valence-electron chi connectivity index (χ4n) is 6.89. The second-order valence-corrected chi connectivity index (χ2v) is 15.6. The first-order valence-corrected chi connectivity index (χ1v) is 19.6. The lowest BCUT2D eigenvalue weighted by Crippen LogP contribution is -2.61. The summed E-state index contributed by atoms with van der Waals surface area (Å²) < 4.78 is 17.9. The van der Waals surface area contributed by atoms with E-state index in [0.717, 1.165) is 3.57 Å². The van der Waals surface area contributed by atoms with E-state index in [1.165, 1.54) is 70.8 Å². The molecule has 3 heterocycles. The molecule has 0 unspecified atom stereocenters. The molecule has 0 spiro atoms. The van der Waals surface area contributed by atoms with Crippen LogP contribution in [0.3, 0.4) is 0 Å². The van der Waals surface area contributed by atoms with Gasteiger partial charge in [-0.2, -0.15) is 0 Å². The minimum Gasteiger partial charge on any atom is -0.497 e. The van der Waals surface area contributed by atoms with E-state index in [0.29, 0.717) is 39.7 Å². The molecule has 15 nitrogen and oxygen atoms in total. The van der Waals surface area contributed by atoms with Crippen molar-refractivity contribution in [2.75, 3.05) is 35.4 Å². The number of fused-ring (bicyclic) bond motifs is 2. The first-order valence-electron chi connectivity index (χ1n) is 18.5. The van der Waals surface area contributed by atoms with Gasteiger partial charge in [0.15, 0.2) is 11.5 Å². The van der Waals surface area contributed by atoms with Crippen LogP contribution in [0.15, 0.2) is 60.7 Å². The summed E-state index contributed by atoms with van der Waals surface area (Å²) in [5.74, 6) is -1.60. The molecule has 3 N–H and O–H groups in total. The van der Waals surface area contributed by atoms with E-state index in [9.17, 15) is 28.8 Å². The molecule has 3 aromatic rings. The van der Waals surface area contributed by atoms with Crippen molar-refractivity contribution in [2.45, 2.75) is 76.3 Å². The zero-order valence-corrected chi connectivity index (χ0v) is 35.4.